The SMILES string of the molecule is CCCCCCCCCCCCCCCC[N+](CCC)(CCC)CCCCCCCCCCCCCCCC.[Br-]. The molecule has 2 heteroatoms. The zero-order valence-electron chi connectivity index (χ0n) is 28.9. The fraction of sp³-hybridized carbons (Fsp3) is 1.00. The topological polar surface area (TPSA) is 0 Å². The maximum Gasteiger partial charge on any atom is 0.0786 e. The Kier molecular flexibility index (Phi) is 37.9. The van der Waals surface area contributed by atoms with Crippen LogP contribution < -0.4 is 17.0 Å². The first-order valence-electron chi connectivity index (χ1n) is 19.1. The summed E-state index contributed by atoms with van der Waals surface area (Å²) < 4.78 is 1.43. The van der Waals surface area contributed by atoms with Gasteiger partial charge in [0.05, 0.1) is 26.2 Å². The smallest absolute Gasteiger partial charge is 0.0786 e. The highest BCUT2D eigenvalue weighted by molar-refractivity contribution is 4.54. The second kappa shape index (κ2) is 35.6. The van der Waals surface area contributed by atoms with Crippen molar-refractivity contribution in [1.82, 2.24) is 0 Å². The molecule has 0 aromatic rings. The molecule has 1 nitrogen and oxygen atoms in total. The molecule has 0 spiro atoms. The van der Waals surface area contributed by atoms with Gasteiger partial charge < -0.3 is 21.5 Å². The zero-order chi connectivity index (χ0) is 28.5. The number of rotatable bonds is 34. The number of nitrogens with zero attached hydrogens (tertiary/aromatic N) is 1. The minimum Gasteiger partial charge on any atom is -1.00 e. The second-order valence-corrected chi connectivity index (χ2v) is 13.4. The number of unbranched alkanes of at least 4 members (excludes halogenated alkanes) is 26. The lowest BCUT2D eigenvalue weighted by Gasteiger charge is -2.39. The van der Waals surface area contributed by atoms with E-state index < -0.39 is 0 Å². The third kappa shape index (κ3) is 29.9. The van der Waals surface area contributed by atoms with Gasteiger partial charge in [0.25, 0.3) is 0 Å². The third-order valence-electron chi connectivity index (χ3n) is 9.37. The predicted octanol–water partition coefficient (Wildman–Crippen LogP) is 10.6. The second-order valence-electron chi connectivity index (χ2n) is 13.4. The maximum atomic E-state index is 2.42. The molecule has 0 unspecified atom stereocenters. The van der Waals surface area contributed by atoms with E-state index in [-0.39, 0.29) is 17.0 Å². The summed E-state index contributed by atoms with van der Waals surface area (Å²) in [4.78, 5) is 0. The minimum atomic E-state index is 0. The first-order valence-corrected chi connectivity index (χ1v) is 19.1. The van der Waals surface area contributed by atoms with Crippen LogP contribution in [0.1, 0.15) is 220 Å². The molecule has 244 valence electrons. The van der Waals surface area contributed by atoms with Gasteiger partial charge in [0.1, 0.15) is 0 Å². The molecular formula is C38H80BrN. The van der Waals surface area contributed by atoms with Crippen molar-refractivity contribution in [2.45, 2.75) is 220 Å². The maximum absolute atomic E-state index is 2.42. The van der Waals surface area contributed by atoms with E-state index in [1.165, 1.54) is 223 Å². The summed E-state index contributed by atoms with van der Waals surface area (Å²) in [6, 6.07) is 0. The first-order chi connectivity index (χ1) is 19.2. The largest absolute Gasteiger partial charge is 1.00 e. The van der Waals surface area contributed by atoms with Crippen molar-refractivity contribution in [2.24, 2.45) is 0 Å². The van der Waals surface area contributed by atoms with Crippen molar-refractivity contribution in [3.05, 3.63) is 0 Å². The lowest BCUT2D eigenvalue weighted by atomic mass is 10.0. The Labute approximate surface area is 267 Å². The van der Waals surface area contributed by atoms with Crippen molar-refractivity contribution in [3.63, 3.8) is 0 Å². The Hall–Kier alpha value is 0.440. The molecule has 0 fully saturated rings. The highest BCUT2D eigenvalue weighted by Gasteiger charge is 2.24. The molecule has 0 aromatic carbocycles. The summed E-state index contributed by atoms with van der Waals surface area (Å²) >= 11 is 0. The van der Waals surface area contributed by atoms with Crippen molar-refractivity contribution in [1.29, 1.82) is 0 Å². The lowest BCUT2D eigenvalue weighted by Crippen LogP contribution is -3.00. The fourth-order valence-electron chi connectivity index (χ4n) is 6.90. The molecule has 0 amide bonds. The van der Waals surface area contributed by atoms with Crippen LogP contribution in [-0.4, -0.2) is 30.7 Å². The van der Waals surface area contributed by atoms with Crippen molar-refractivity contribution >= 4 is 0 Å². The zero-order valence-corrected chi connectivity index (χ0v) is 30.5. The summed E-state index contributed by atoms with van der Waals surface area (Å²) in [7, 11) is 0. The van der Waals surface area contributed by atoms with E-state index in [1.54, 1.807) is 0 Å². The van der Waals surface area contributed by atoms with Crippen molar-refractivity contribution < 1.29 is 21.5 Å². The molecule has 0 bridgehead atoms. The van der Waals surface area contributed by atoms with E-state index in [0.29, 0.717) is 0 Å². The molecule has 0 radical (unpaired) electrons. The molecule has 0 atom stereocenters. The van der Waals surface area contributed by atoms with Gasteiger partial charge in [-0.05, 0) is 38.5 Å². The number of quaternary nitrogens is 1. The molecule has 0 aliphatic carbocycles. The number of hydrogen-bond acceptors (Lipinski definition) is 0. The monoisotopic (exact) mass is 630 g/mol. The van der Waals surface area contributed by atoms with E-state index in [9.17, 15) is 0 Å². The Morgan fingerprint density at radius 1 is 0.225 bits per heavy atom. The van der Waals surface area contributed by atoms with Crippen LogP contribution in [0.2, 0.25) is 0 Å². The van der Waals surface area contributed by atoms with Crippen LogP contribution in [0.5, 0.6) is 0 Å². The van der Waals surface area contributed by atoms with Crippen LogP contribution in [0.25, 0.3) is 0 Å². The van der Waals surface area contributed by atoms with Gasteiger partial charge in [-0.2, -0.15) is 0 Å². The summed E-state index contributed by atoms with van der Waals surface area (Å²) in [5.41, 5.74) is 0. The molecule has 0 heterocycles. The quantitative estimate of drug-likeness (QED) is 0.0490. The molecule has 0 saturated heterocycles. The Morgan fingerprint density at radius 2 is 0.425 bits per heavy atom. The van der Waals surface area contributed by atoms with Gasteiger partial charge in [0.15, 0.2) is 0 Å². The van der Waals surface area contributed by atoms with E-state index in [0.717, 1.165) is 0 Å². The highest BCUT2D eigenvalue weighted by Crippen LogP contribution is 2.19. The van der Waals surface area contributed by atoms with Gasteiger partial charge in [-0.3, -0.25) is 0 Å². The lowest BCUT2D eigenvalue weighted by molar-refractivity contribution is -0.928. The van der Waals surface area contributed by atoms with E-state index in [2.05, 4.69) is 27.7 Å². The van der Waals surface area contributed by atoms with Gasteiger partial charge in [-0.15, -0.1) is 0 Å². The molecule has 40 heavy (non-hydrogen) atoms. The molecule has 0 aromatic heterocycles. The molecule has 0 rings (SSSR count). The normalized spacial score (nSPS) is 11.7. The van der Waals surface area contributed by atoms with E-state index >= 15 is 0 Å². The summed E-state index contributed by atoms with van der Waals surface area (Å²) in [6.45, 7) is 15.2. The predicted molar refractivity (Wildman–Crippen MR) is 181 cm³/mol. The van der Waals surface area contributed by atoms with Crippen molar-refractivity contribution in [2.75, 3.05) is 26.2 Å². The number of hydrogen-bond donors (Lipinski definition) is 0. The minimum absolute atomic E-state index is 0. The molecule has 0 aliphatic heterocycles. The standard InChI is InChI=1S/C38H80N.BrH/c1-5-9-11-13-15-17-19-21-23-25-27-29-31-33-37-39(35-7-3,36-8-4)38-34-32-30-28-26-24-22-20-18-16-14-12-10-6-2;/h5-38H2,1-4H3;1H/q+1;/p-1. The highest BCUT2D eigenvalue weighted by atomic mass is 79.9. The van der Waals surface area contributed by atoms with E-state index in [4.69, 9.17) is 0 Å². The van der Waals surface area contributed by atoms with Crippen LogP contribution >= 0.6 is 0 Å². The van der Waals surface area contributed by atoms with E-state index in [1.807, 2.05) is 0 Å². The van der Waals surface area contributed by atoms with Crippen LogP contribution in [0.15, 0.2) is 0 Å². The number of halogens is 1. The van der Waals surface area contributed by atoms with Gasteiger partial charge >= 0.3 is 0 Å². The fourth-order valence-corrected chi connectivity index (χ4v) is 6.90. The Balaban J connectivity index is 0. The van der Waals surface area contributed by atoms with Gasteiger partial charge in [-0.1, -0.05) is 182 Å². The third-order valence-corrected chi connectivity index (χ3v) is 9.37. The Morgan fingerprint density at radius 3 is 0.625 bits per heavy atom. The summed E-state index contributed by atoms with van der Waals surface area (Å²) in [5, 5.41) is 0. The van der Waals surface area contributed by atoms with Gasteiger partial charge in [-0.25, -0.2) is 0 Å². The summed E-state index contributed by atoms with van der Waals surface area (Å²) in [6.07, 6.45) is 43.9. The van der Waals surface area contributed by atoms with Crippen LogP contribution in [-0.2, 0) is 0 Å². The Bertz CT molecular complexity index is 397. The first kappa shape index (κ1) is 42.6. The molecular weight excluding hydrogens is 550 g/mol. The van der Waals surface area contributed by atoms with Crippen molar-refractivity contribution in [3.8, 4) is 0 Å². The van der Waals surface area contributed by atoms with Crippen LogP contribution in [0.3, 0.4) is 0 Å². The summed E-state index contributed by atoms with van der Waals surface area (Å²) in [5.74, 6) is 0. The average Bonchev–Trinajstić information content (AvgIpc) is 2.93. The van der Waals surface area contributed by atoms with Crippen LogP contribution in [0, 0.1) is 0 Å². The van der Waals surface area contributed by atoms with Gasteiger partial charge in [0.2, 0.25) is 0 Å². The molecule has 0 aliphatic rings. The van der Waals surface area contributed by atoms with Gasteiger partial charge in [0, 0.05) is 0 Å². The average molecular weight is 631 g/mol. The van der Waals surface area contributed by atoms with Crippen LogP contribution in [0.4, 0.5) is 0 Å². The molecule has 0 saturated carbocycles. The molecule has 0 N–H and O–H groups in total.